The van der Waals surface area contributed by atoms with Crippen LogP contribution in [-0.2, 0) is 0 Å². The minimum absolute atomic E-state index is 0.176. The third-order valence-corrected chi connectivity index (χ3v) is 7.14. The molecule has 1 aliphatic heterocycles. The summed E-state index contributed by atoms with van der Waals surface area (Å²) in [7, 11) is 5.42. The summed E-state index contributed by atoms with van der Waals surface area (Å²) in [5, 5.41) is 3.01. The number of carbonyl (C=O) groups excluding carboxylic acids is 1. The van der Waals surface area contributed by atoms with Crippen molar-refractivity contribution in [3.8, 4) is 39.5 Å². The van der Waals surface area contributed by atoms with E-state index in [0.717, 1.165) is 59.7 Å². The fraction of sp³-hybridized carbons (Fsp3) is 0.286. The van der Waals surface area contributed by atoms with Gasteiger partial charge < -0.3 is 24.4 Å². The second-order valence-corrected chi connectivity index (χ2v) is 9.82. The van der Waals surface area contributed by atoms with Gasteiger partial charge in [-0.25, -0.2) is 0 Å². The molecule has 4 aromatic carbocycles. The lowest BCUT2D eigenvalue weighted by atomic mass is 10.0. The average molecular weight is 553 g/mol. The van der Waals surface area contributed by atoms with Crippen molar-refractivity contribution in [1.82, 2.24) is 4.90 Å². The molecule has 1 aliphatic rings. The smallest absolute Gasteiger partial charge is 0.255 e. The van der Waals surface area contributed by atoms with Crippen LogP contribution in [-0.4, -0.2) is 51.3 Å². The molecule has 6 nitrogen and oxygen atoms in total. The number of likely N-dealkylation sites (tertiary alicyclic amines) is 1. The Hall–Kier alpha value is -4.29. The van der Waals surface area contributed by atoms with Crippen LogP contribution in [0.5, 0.6) is 17.2 Å². The number of hydrogen-bond donors (Lipinski definition) is 1. The van der Waals surface area contributed by atoms with Crippen molar-refractivity contribution in [2.45, 2.75) is 32.8 Å². The number of methoxy groups -OCH3 is 2. The Balaban J connectivity index is 0.00000189. The van der Waals surface area contributed by atoms with Crippen molar-refractivity contribution in [2.24, 2.45) is 0 Å². The number of carbonyl (C=O) groups is 1. The minimum Gasteiger partial charge on any atom is -0.497 e. The van der Waals surface area contributed by atoms with E-state index in [1.54, 1.807) is 14.2 Å². The van der Waals surface area contributed by atoms with Crippen molar-refractivity contribution < 1.29 is 19.0 Å². The molecule has 0 spiro atoms. The van der Waals surface area contributed by atoms with E-state index in [2.05, 4.69) is 29.4 Å². The van der Waals surface area contributed by atoms with Crippen molar-refractivity contribution in [1.29, 1.82) is 0 Å². The molecule has 0 radical (unpaired) electrons. The van der Waals surface area contributed by atoms with Crippen LogP contribution in [0.1, 0.15) is 37.0 Å². The maximum absolute atomic E-state index is 13.0. The van der Waals surface area contributed by atoms with Crippen molar-refractivity contribution in [3.63, 3.8) is 0 Å². The molecular weight excluding hydrogens is 512 g/mol. The lowest BCUT2D eigenvalue weighted by molar-refractivity contribution is 0.102. The standard InChI is InChI=1S/C33H34N2O4.C2H6/c1-35-19-17-29(18-20-35)39-28-14-11-24(12-15-28)23-7-9-25(10-8-23)33(36)34-27-13-16-32(38-3)31(22-27)26-5-4-6-30(21-26)37-2;1-2/h4-16,21-22,29H,17-20H2,1-3H3,(H,34,36);1-2H3. The van der Waals surface area contributed by atoms with Gasteiger partial charge in [-0.15, -0.1) is 0 Å². The second-order valence-electron chi connectivity index (χ2n) is 9.82. The summed E-state index contributed by atoms with van der Waals surface area (Å²) in [5.74, 6) is 2.19. The Morgan fingerprint density at radius 1 is 0.756 bits per heavy atom. The Morgan fingerprint density at radius 3 is 2.05 bits per heavy atom. The summed E-state index contributed by atoms with van der Waals surface area (Å²) in [6.45, 7) is 6.15. The summed E-state index contributed by atoms with van der Waals surface area (Å²) in [6, 6.07) is 29.2. The summed E-state index contributed by atoms with van der Waals surface area (Å²) < 4.78 is 17.1. The number of hydrogen-bond acceptors (Lipinski definition) is 5. The Bertz CT molecular complexity index is 1410. The SMILES string of the molecule is CC.COc1cccc(-c2cc(NC(=O)c3ccc(-c4ccc(OC5CCN(C)CC5)cc4)cc3)ccc2OC)c1. The molecule has 1 heterocycles. The lowest BCUT2D eigenvalue weighted by Gasteiger charge is -2.29. The topological polar surface area (TPSA) is 60.0 Å². The number of nitrogens with zero attached hydrogens (tertiary/aromatic N) is 1. The van der Waals surface area contributed by atoms with Gasteiger partial charge in [-0.2, -0.15) is 0 Å². The zero-order chi connectivity index (χ0) is 29.2. The molecule has 1 fully saturated rings. The van der Waals surface area contributed by atoms with Crippen LogP contribution in [0.15, 0.2) is 91.0 Å². The highest BCUT2D eigenvalue weighted by Crippen LogP contribution is 2.34. The van der Waals surface area contributed by atoms with Gasteiger partial charge in [-0.1, -0.05) is 50.2 Å². The Kier molecular flexibility index (Phi) is 10.4. The van der Waals surface area contributed by atoms with Crippen LogP contribution in [0.3, 0.4) is 0 Å². The van der Waals surface area contributed by atoms with Gasteiger partial charge in [-0.3, -0.25) is 4.79 Å². The quantitative estimate of drug-likeness (QED) is 0.242. The molecule has 5 rings (SSSR count). The third-order valence-electron chi connectivity index (χ3n) is 7.14. The zero-order valence-corrected chi connectivity index (χ0v) is 24.6. The number of piperidine rings is 1. The largest absolute Gasteiger partial charge is 0.497 e. The predicted octanol–water partition coefficient (Wildman–Crippen LogP) is 7.79. The highest BCUT2D eigenvalue weighted by Gasteiger charge is 2.18. The van der Waals surface area contributed by atoms with E-state index >= 15 is 0 Å². The second kappa shape index (κ2) is 14.4. The Labute approximate surface area is 243 Å². The summed E-state index contributed by atoms with van der Waals surface area (Å²) in [5.41, 5.74) is 5.20. The number of benzene rings is 4. The van der Waals surface area contributed by atoms with E-state index in [4.69, 9.17) is 14.2 Å². The Morgan fingerprint density at radius 2 is 1.41 bits per heavy atom. The van der Waals surface area contributed by atoms with Gasteiger partial charge in [0.1, 0.15) is 23.4 Å². The van der Waals surface area contributed by atoms with Crippen LogP contribution >= 0.6 is 0 Å². The van der Waals surface area contributed by atoms with Gasteiger partial charge in [0, 0.05) is 29.9 Å². The average Bonchev–Trinajstić information content (AvgIpc) is 3.03. The number of rotatable bonds is 8. The first-order valence-electron chi connectivity index (χ1n) is 14.2. The molecule has 0 saturated carbocycles. The van der Waals surface area contributed by atoms with E-state index in [9.17, 15) is 4.79 Å². The van der Waals surface area contributed by atoms with Crippen molar-refractivity contribution in [3.05, 3.63) is 96.6 Å². The van der Waals surface area contributed by atoms with E-state index in [-0.39, 0.29) is 12.0 Å². The highest BCUT2D eigenvalue weighted by molar-refractivity contribution is 6.05. The van der Waals surface area contributed by atoms with Gasteiger partial charge in [-0.05, 0) is 91.2 Å². The molecule has 1 amide bonds. The summed E-state index contributed by atoms with van der Waals surface area (Å²) >= 11 is 0. The summed E-state index contributed by atoms with van der Waals surface area (Å²) in [6.07, 6.45) is 2.39. The molecule has 0 bridgehead atoms. The van der Waals surface area contributed by atoms with Gasteiger partial charge in [0.25, 0.3) is 5.91 Å². The predicted molar refractivity (Wildman–Crippen MR) is 167 cm³/mol. The number of ether oxygens (including phenoxy) is 3. The molecule has 6 heteroatoms. The molecule has 1 N–H and O–H groups in total. The zero-order valence-electron chi connectivity index (χ0n) is 24.6. The fourth-order valence-electron chi connectivity index (χ4n) is 4.84. The first-order valence-corrected chi connectivity index (χ1v) is 14.2. The minimum atomic E-state index is -0.176. The molecule has 41 heavy (non-hydrogen) atoms. The van der Waals surface area contributed by atoms with E-state index in [0.29, 0.717) is 17.0 Å². The maximum Gasteiger partial charge on any atom is 0.255 e. The van der Waals surface area contributed by atoms with Crippen molar-refractivity contribution in [2.75, 3.05) is 39.7 Å². The molecule has 1 saturated heterocycles. The number of anilines is 1. The maximum atomic E-state index is 13.0. The van der Waals surface area contributed by atoms with Gasteiger partial charge in [0.05, 0.1) is 14.2 Å². The van der Waals surface area contributed by atoms with Crippen LogP contribution in [0.4, 0.5) is 5.69 Å². The lowest BCUT2D eigenvalue weighted by Crippen LogP contribution is -2.35. The highest BCUT2D eigenvalue weighted by atomic mass is 16.5. The van der Waals surface area contributed by atoms with Crippen LogP contribution in [0, 0.1) is 0 Å². The van der Waals surface area contributed by atoms with Crippen LogP contribution in [0.2, 0.25) is 0 Å². The number of amides is 1. The first kappa shape index (κ1) is 29.7. The molecule has 0 atom stereocenters. The normalized spacial score (nSPS) is 13.5. The first-order chi connectivity index (χ1) is 20.0. The fourth-order valence-corrected chi connectivity index (χ4v) is 4.84. The van der Waals surface area contributed by atoms with E-state index in [1.807, 2.05) is 92.7 Å². The van der Waals surface area contributed by atoms with E-state index < -0.39 is 0 Å². The van der Waals surface area contributed by atoms with Crippen molar-refractivity contribution >= 4 is 11.6 Å². The molecule has 214 valence electrons. The van der Waals surface area contributed by atoms with Gasteiger partial charge >= 0.3 is 0 Å². The van der Waals surface area contributed by atoms with Gasteiger partial charge in [0.15, 0.2) is 0 Å². The van der Waals surface area contributed by atoms with E-state index in [1.165, 1.54) is 0 Å². The van der Waals surface area contributed by atoms with Gasteiger partial charge in [0.2, 0.25) is 0 Å². The monoisotopic (exact) mass is 552 g/mol. The summed E-state index contributed by atoms with van der Waals surface area (Å²) in [4.78, 5) is 15.4. The molecule has 0 aromatic heterocycles. The van der Waals surface area contributed by atoms with Crippen LogP contribution in [0.25, 0.3) is 22.3 Å². The number of nitrogens with one attached hydrogen (secondary N) is 1. The molecule has 4 aromatic rings. The third kappa shape index (κ3) is 7.68. The van der Waals surface area contributed by atoms with Crippen LogP contribution < -0.4 is 19.5 Å². The molecule has 0 unspecified atom stereocenters. The molecule has 0 aliphatic carbocycles. The molecular formula is C35H40N2O4.